The summed E-state index contributed by atoms with van der Waals surface area (Å²) in [6.07, 6.45) is 0.919. The lowest BCUT2D eigenvalue weighted by Crippen LogP contribution is -2.39. The molecule has 0 fully saturated rings. The van der Waals surface area contributed by atoms with Gasteiger partial charge in [0.05, 0.1) is 6.04 Å². The van der Waals surface area contributed by atoms with Crippen molar-refractivity contribution in [2.45, 2.75) is 45.8 Å². The fraction of sp³-hybridized carbons (Fsp3) is 0.350. The first-order chi connectivity index (χ1) is 11.5. The van der Waals surface area contributed by atoms with Gasteiger partial charge in [0.2, 0.25) is 0 Å². The molecule has 0 bridgehead atoms. The summed E-state index contributed by atoms with van der Waals surface area (Å²) in [5.41, 5.74) is 2.32. The predicted octanol–water partition coefficient (Wildman–Crippen LogP) is 4.42. The molecule has 1 N–H and O–H groups in total. The third-order valence-corrected chi connectivity index (χ3v) is 4.00. The summed E-state index contributed by atoms with van der Waals surface area (Å²) in [5.74, 6) is -0.0174. The van der Waals surface area contributed by atoms with Crippen molar-refractivity contribution >= 4 is 5.91 Å². The molecule has 0 heterocycles. The summed E-state index contributed by atoms with van der Waals surface area (Å²) >= 11 is 0. The minimum Gasteiger partial charge on any atom is -0.481 e. The van der Waals surface area contributed by atoms with Crippen LogP contribution in [0.15, 0.2) is 48.5 Å². The van der Waals surface area contributed by atoms with Crippen LogP contribution in [-0.4, -0.2) is 12.0 Å². The lowest BCUT2D eigenvalue weighted by atomic mass is 10.0. The van der Waals surface area contributed by atoms with Crippen molar-refractivity contribution in [2.75, 3.05) is 0 Å². The van der Waals surface area contributed by atoms with Crippen molar-refractivity contribution in [2.24, 2.45) is 0 Å². The zero-order valence-corrected chi connectivity index (χ0v) is 14.4. The zero-order valence-electron chi connectivity index (χ0n) is 14.4. The lowest BCUT2D eigenvalue weighted by Gasteiger charge is -2.21. The number of halogens is 1. The Balaban J connectivity index is 1.98. The molecule has 24 heavy (non-hydrogen) atoms. The number of nitrogens with one attached hydrogen (secondary N) is 1. The molecule has 0 radical (unpaired) electrons. The van der Waals surface area contributed by atoms with Crippen LogP contribution < -0.4 is 10.1 Å². The molecule has 0 aliphatic heterocycles. The lowest BCUT2D eigenvalue weighted by molar-refractivity contribution is -0.128. The third kappa shape index (κ3) is 4.82. The molecule has 0 saturated heterocycles. The molecule has 0 spiro atoms. The van der Waals surface area contributed by atoms with Crippen LogP contribution in [0.5, 0.6) is 5.75 Å². The Morgan fingerprint density at radius 2 is 1.71 bits per heavy atom. The van der Waals surface area contributed by atoms with E-state index < -0.39 is 6.10 Å². The highest BCUT2D eigenvalue weighted by Gasteiger charge is 2.20. The highest BCUT2D eigenvalue weighted by atomic mass is 19.1. The van der Waals surface area contributed by atoms with Gasteiger partial charge in [0, 0.05) is 0 Å². The van der Waals surface area contributed by atoms with Gasteiger partial charge in [0.15, 0.2) is 6.10 Å². The van der Waals surface area contributed by atoms with E-state index in [1.54, 1.807) is 0 Å². The number of hydrogen-bond donors (Lipinski definition) is 1. The summed E-state index contributed by atoms with van der Waals surface area (Å²) < 4.78 is 18.6. The number of benzene rings is 2. The quantitative estimate of drug-likeness (QED) is 0.816. The average molecular weight is 329 g/mol. The number of ether oxygens (including phenoxy) is 1. The van der Waals surface area contributed by atoms with Crippen LogP contribution in [0.3, 0.4) is 0 Å². The largest absolute Gasteiger partial charge is 0.481 e. The molecule has 2 aromatic rings. The van der Waals surface area contributed by atoms with Gasteiger partial charge in [-0.2, -0.15) is 0 Å². The van der Waals surface area contributed by atoms with Gasteiger partial charge in [0.1, 0.15) is 11.6 Å². The van der Waals surface area contributed by atoms with E-state index in [0.717, 1.165) is 12.0 Å². The van der Waals surface area contributed by atoms with Crippen LogP contribution in [0.4, 0.5) is 4.39 Å². The summed E-state index contributed by atoms with van der Waals surface area (Å²) in [6, 6.07) is 13.8. The van der Waals surface area contributed by atoms with Gasteiger partial charge in [-0.25, -0.2) is 4.39 Å². The normalized spacial score (nSPS) is 13.2. The number of rotatable bonds is 7. The molecule has 4 heteroatoms. The van der Waals surface area contributed by atoms with Crippen molar-refractivity contribution in [3.8, 4) is 5.75 Å². The van der Waals surface area contributed by atoms with Crippen molar-refractivity contribution in [1.29, 1.82) is 0 Å². The van der Waals surface area contributed by atoms with Gasteiger partial charge >= 0.3 is 0 Å². The van der Waals surface area contributed by atoms with Crippen LogP contribution >= 0.6 is 0 Å². The van der Waals surface area contributed by atoms with E-state index in [-0.39, 0.29) is 17.8 Å². The van der Waals surface area contributed by atoms with E-state index in [2.05, 4.69) is 24.4 Å². The molecular formula is C20H24FNO2. The zero-order chi connectivity index (χ0) is 17.5. The second kappa shape index (κ2) is 8.48. The number of hydrogen-bond acceptors (Lipinski definition) is 2. The molecule has 2 aromatic carbocycles. The number of carbonyl (C=O) groups excluding carboxylic acids is 1. The van der Waals surface area contributed by atoms with Gasteiger partial charge in [-0.3, -0.25) is 4.79 Å². The first-order valence-corrected chi connectivity index (χ1v) is 8.35. The highest BCUT2D eigenvalue weighted by molar-refractivity contribution is 5.81. The second-order valence-electron chi connectivity index (χ2n) is 5.79. The van der Waals surface area contributed by atoms with Gasteiger partial charge in [-0.15, -0.1) is 0 Å². The standard InChI is InChI=1S/C20H24FNO2/c1-4-15-6-8-16(9-7-15)14(3)22-20(23)19(5-2)24-18-12-10-17(21)11-13-18/h6-14,19H,4-5H2,1-3H3,(H,22,23)/t14-,19-/m1/s1. The maximum atomic E-state index is 12.9. The van der Waals surface area contributed by atoms with E-state index in [1.807, 2.05) is 26.0 Å². The maximum Gasteiger partial charge on any atom is 0.261 e. The molecule has 0 saturated carbocycles. The van der Waals surface area contributed by atoms with Crippen LogP contribution in [0.1, 0.15) is 44.4 Å². The molecule has 3 nitrogen and oxygen atoms in total. The van der Waals surface area contributed by atoms with Crippen molar-refractivity contribution in [1.82, 2.24) is 5.32 Å². The topological polar surface area (TPSA) is 38.3 Å². The Morgan fingerprint density at radius 3 is 2.25 bits per heavy atom. The fourth-order valence-electron chi connectivity index (χ4n) is 2.43. The van der Waals surface area contributed by atoms with Gasteiger partial charge in [-0.05, 0) is 55.2 Å². The smallest absolute Gasteiger partial charge is 0.261 e. The first kappa shape index (κ1) is 18.0. The molecule has 2 rings (SSSR count). The van der Waals surface area contributed by atoms with Gasteiger partial charge in [-0.1, -0.05) is 38.1 Å². The number of carbonyl (C=O) groups is 1. The first-order valence-electron chi connectivity index (χ1n) is 8.35. The maximum absolute atomic E-state index is 12.9. The van der Waals surface area contributed by atoms with Crippen LogP contribution in [0, 0.1) is 5.82 Å². The molecule has 0 unspecified atom stereocenters. The average Bonchev–Trinajstić information content (AvgIpc) is 2.61. The Hall–Kier alpha value is -2.36. The van der Waals surface area contributed by atoms with Crippen LogP contribution in [0.2, 0.25) is 0 Å². The summed E-state index contributed by atoms with van der Waals surface area (Å²) in [6.45, 7) is 5.94. The number of amides is 1. The molecule has 128 valence electrons. The monoisotopic (exact) mass is 329 g/mol. The second-order valence-corrected chi connectivity index (χ2v) is 5.79. The summed E-state index contributed by atoms with van der Waals surface area (Å²) in [5, 5.41) is 2.98. The Labute approximate surface area is 142 Å². The molecular weight excluding hydrogens is 305 g/mol. The number of aryl methyl sites for hydroxylation is 1. The minimum atomic E-state index is -0.604. The third-order valence-electron chi connectivity index (χ3n) is 4.00. The Kier molecular flexibility index (Phi) is 6.36. The fourth-order valence-corrected chi connectivity index (χ4v) is 2.43. The van der Waals surface area contributed by atoms with Crippen molar-refractivity contribution in [3.63, 3.8) is 0 Å². The highest BCUT2D eigenvalue weighted by Crippen LogP contribution is 2.17. The van der Waals surface area contributed by atoms with Crippen LogP contribution in [0.25, 0.3) is 0 Å². The predicted molar refractivity (Wildman–Crippen MR) is 93.5 cm³/mol. The minimum absolute atomic E-state index is 0.103. The molecule has 1 amide bonds. The molecule has 0 aliphatic carbocycles. The van der Waals surface area contributed by atoms with Gasteiger partial charge < -0.3 is 10.1 Å². The van der Waals surface area contributed by atoms with Crippen molar-refractivity contribution < 1.29 is 13.9 Å². The summed E-state index contributed by atoms with van der Waals surface area (Å²) in [7, 11) is 0. The molecule has 0 aromatic heterocycles. The van der Waals surface area contributed by atoms with Crippen LogP contribution in [-0.2, 0) is 11.2 Å². The van der Waals surface area contributed by atoms with Gasteiger partial charge in [0.25, 0.3) is 5.91 Å². The SMILES string of the molecule is CCc1ccc([C@@H](C)NC(=O)[C@@H](CC)Oc2ccc(F)cc2)cc1. The molecule has 2 atom stereocenters. The molecule has 0 aliphatic rings. The Morgan fingerprint density at radius 1 is 1.08 bits per heavy atom. The summed E-state index contributed by atoms with van der Waals surface area (Å²) in [4.78, 5) is 12.4. The van der Waals surface area contributed by atoms with E-state index >= 15 is 0 Å². The van der Waals surface area contributed by atoms with E-state index in [9.17, 15) is 9.18 Å². The van der Waals surface area contributed by atoms with E-state index in [1.165, 1.54) is 29.8 Å². The van der Waals surface area contributed by atoms with Crippen molar-refractivity contribution in [3.05, 3.63) is 65.5 Å². The van der Waals surface area contributed by atoms with E-state index in [0.29, 0.717) is 12.2 Å². The Bertz CT molecular complexity index is 652. The van der Waals surface area contributed by atoms with E-state index in [4.69, 9.17) is 4.74 Å².